The molecular weight excluding hydrogens is 600 g/mol. The maximum atomic E-state index is 13.1. The van der Waals surface area contributed by atoms with Crippen molar-refractivity contribution >= 4 is 39.6 Å². The molecule has 0 bridgehead atoms. The number of nitrogens with one attached hydrogen (secondary N) is 3. The highest BCUT2D eigenvalue weighted by atomic mass is 32.2. The molecule has 3 N–H and O–H groups in total. The number of nitrogens with zero attached hydrogens (tertiary/aromatic N) is 1. The Morgan fingerprint density at radius 2 is 1.62 bits per heavy atom. The van der Waals surface area contributed by atoms with Gasteiger partial charge in [0, 0.05) is 24.7 Å². The Labute approximate surface area is 264 Å². The highest BCUT2D eigenvalue weighted by molar-refractivity contribution is 7.89. The molecule has 0 aromatic heterocycles. The van der Waals surface area contributed by atoms with Crippen LogP contribution in [0.4, 0.5) is 10.5 Å². The molecule has 2 heterocycles. The van der Waals surface area contributed by atoms with Gasteiger partial charge in [0.2, 0.25) is 15.9 Å². The highest BCUT2D eigenvalue weighted by Gasteiger charge is 2.33. The van der Waals surface area contributed by atoms with Crippen LogP contribution >= 0.6 is 0 Å². The van der Waals surface area contributed by atoms with Crippen LogP contribution in [-0.4, -0.2) is 74.6 Å². The minimum Gasteiger partial charge on any atom is -0.444 e. The number of ether oxygens (including phenoxy) is 2. The number of hydrogen-bond donors (Lipinski definition) is 3. The molecule has 45 heavy (non-hydrogen) atoms. The van der Waals surface area contributed by atoms with Crippen LogP contribution in [0, 0.1) is 12.8 Å². The first-order valence-corrected chi connectivity index (χ1v) is 16.6. The van der Waals surface area contributed by atoms with E-state index in [1.54, 1.807) is 41.3 Å². The van der Waals surface area contributed by atoms with Gasteiger partial charge in [-0.05, 0) is 96.2 Å². The maximum absolute atomic E-state index is 13.1. The van der Waals surface area contributed by atoms with Crippen LogP contribution in [0.5, 0.6) is 0 Å². The van der Waals surface area contributed by atoms with Gasteiger partial charge in [-0.2, -0.15) is 4.72 Å². The summed E-state index contributed by atoms with van der Waals surface area (Å²) in [7, 11) is -4.12. The van der Waals surface area contributed by atoms with E-state index in [1.165, 1.54) is 12.1 Å². The van der Waals surface area contributed by atoms with Gasteiger partial charge >= 0.3 is 18.0 Å². The zero-order valence-corrected chi connectivity index (χ0v) is 26.9. The molecule has 13 heteroatoms. The Balaban J connectivity index is 1.38. The van der Waals surface area contributed by atoms with Gasteiger partial charge in [-0.15, -0.1) is 0 Å². The molecule has 0 unspecified atom stereocenters. The number of benzene rings is 2. The molecule has 244 valence electrons. The number of esters is 2. The Morgan fingerprint density at radius 3 is 2.20 bits per heavy atom. The van der Waals surface area contributed by atoms with Crippen LogP contribution in [0.15, 0.2) is 53.4 Å². The summed E-state index contributed by atoms with van der Waals surface area (Å²) in [5, 5.41) is 5.86. The van der Waals surface area contributed by atoms with Gasteiger partial charge in [0.05, 0.1) is 4.90 Å². The number of carbonyl (C=O) groups excluding carboxylic acids is 4. The molecule has 0 radical (unpaired) electrons. The first kappa shape index (κ1) is 34.1. The summed E-state index contributed by atoms with van der Waals surface area (Å²) in [4.78, 5) is 52.5. The van der Waals surface area contributed by atoms with Crippen LogP contribution < -0.4 is 15.4 Å². The molecule has 2 aliphatic rings. The zero-order valence-electron chi connectivity index (χ0n) is 26.1. The van der Waals surface area contributed by atoms with Crippen molar-refractivity contribution in [2.45, 2.75) is 82.4 Å². The molecule has 2 aromatic carbocycles. The number of anilines is 1. The van der Waals surface area contributed by atoms with E-state index in [2.05, 4.69) is 15.4 Å². The van der Waals surface area contributed by atoms with Gasteiger partial charge in [-0.3, -0.25) is 4.79 Å². The number of sulfonamides is 1. The van der Waals surface area contributed by atoms with E-state index in [1.807, 2.05) is 27.7 Å². The van der Waals surface area contributed by atoms with Gasteiger partial charge in [-0.1, -0.05) is 29.8 Å². The number of carbonyl (C=O) groups is 4. The van der Waals surface area contributed by atoms with Gasteiger partial charge in [0.1, 0.15) is 17.7 Å². The average Bonchev–Trinajstić information content (AvgIpc) is 3.53. The Hall–Kier alpha value is -3.81. The number of likely N-dealkylation sites (tertiary alicyclic amines) is 1. The van der Waals surface area contributed by atoms with E-state index >= 15 is 0 Å². The Morgan fingerprint density at radius 1 is 0.978 bits per heavy atom. The first-order chi connectivity index (χ1) is 21.2. The predicted molar refractivity (Wildman–Crippen MR) is 167 cm³/mol. The lowest BCUT2D eigenvalue weighted by molar-refractivity contribution is -0.162. The number of piperidine rings is 1. The van der Waals surface area contributed by atoms with Gasteiger partial charge in [-0.25, -0.2) is 22.8 Å². The minimum absolute atomic E-state index is 0.0234. The second kappa shape index (κ2) is 14.5. The molecule has 12 nitrogen and oxygen atoms in total. The van der Waals surface area contributed by atoms with Crippen molar-refractivity contribution in [1.82, 2.24) is 14.9 Å². The highest BCUT2D eigenvalue weighted by Crippen LogP contribution is 2.22. The van der Waals surface area contributed by atoms with Gasteiger partial charge in [0.25, 0.3) is 0 Å². The van der Waals surface area contributed by atoms with Crippen molar-refractivity contribution in [3.05, 3.63) is 59.7 Å². The van der Waals surface area contributed by atoms with Gasteiger partial charge < -0.3 is 25.0 Å². The molecule has 0 spiro atoms. The molecule has 2 saturated heterocycles. The Kier molecular flexibility index (Phi) is 11.0. The van der Waals surface area contributed by atoms with Crippen LogP contribution in [0.2, 0.25) is 0 Å². The fraction of sp³-hybridized carbons (Fsp3) is 0.500. The summed E-state index contributed by atoms with van der Waals surface area (Å²) in [5.41, 5.74) is 1.39. The average molecular weight is 643 g/mol. The van der Waals surface area contributed by atoms with E-state index in [0.29, 0.717) is 50.1 Å². The monoisotopic (exact) mass is 642 g/mol. The van der Waals surface area contributed by atoms with E-state index in [-0.39, 0.29) is 29.2 Å². The molecule has 2 aliphatic heterocycles. The summed E-state index contributed by atoms with van der Waals surface area (Å²) in [5.74, 6) is -2.19. The summed E-state index contributed by atoms with van der Waals surface area (Å²) in [6.45, 7) is 8.72. The third-order valence-corrected chi connectivity index (χ3v) is 9.13. The van der Waals surface area contributed by atoms with E-state index in [9.17, 15) is 27.6 Å². The van der Waals surface area contributed by atoms with Crippen LogP contribution in [0.1, 0.15) is 57.6 Å². The molecule has 2 atom stereocenters. The number of amides is 2. The van der Waals surface area contributed by atoms with Crippen molar-refractivity contribution in [3.8, 4) is 0 Å². The molecule has 2 fully saturated rings. The lowest BCUT2D eigenvalue weighted by Gasteiger charge is -2.32. The van der Waals surface area contributed by atoms with E-state index < -0.39 is 39.6 Å². The lowest BCUT2D eigenvalue weighted by Crippen LogP contribution is -2.45. The third kappa shape index (κ3) is 9.84. The summed E-state index contributed by atoms with van der Waals surface area (Å²) in [6.07, 6.45) is 1.83. The quantitative estimate of drug-likeness (QED) is 0.276. The zero-order chi connectivity index (χ0) is 32.8. The standard InChI is InChI=1S/C32H42N4O8S/c1-21-7-13-25(14-8-21)45(41,42)35-27(30(39)43-29(38)26-6-5-17-33-26)20-22-9-11-24(12-10-22)34-28(37)23-15-18-36(19-16-23)31(40)44-32(2,3)4/h7-14,23,26-27,33,35H,5-6,15-20H2,1-4H3,(H,34,37)/t26-,27-/m0/s1. The second-order valence-corrected chi connectivity index (χ2v) is 14.2. The van der Waals surface area contributed by atoms with Crippen molar-refractivity contribution in [1.29, 1.82) is 0 Å². The SMILES string of the molecule is Cc1ccc(S(=O)(=O)N[C@@H](Cc2ccc(NC(=O)C3CCN(C(=O)OC(C)(C)C)CC3)cc2)C(=O)OC(=O)[C@@H]2CCCN2)cc1. The fourth-order valence-electron chi connectivity index (χ4n) is 5.13. The van der Waals surface area contributed by atoms with Crippen LogP contribution in [-0.2, 0) is 40.3 Å². The van der Waals surface area contributed by atoms with Crippen LogP contribution in [0.3, 0.4) is 0 Å². The smallest absolute Gasteiger partial charge is 0.410 e. The third-order valence-electron chi connectivity index (χ3n) is 7.64. The minimum atomic E-state index is -4.12. The van der Waals surface area contributed by atoms with Crippen molar-refractivity contribution < 1.29 is 37.1 Å². The summed E-state index contributed by atoms with van der Waals surface area (Å²) in [6, 6.07) is 10.8. The van der Waals surface area contributed by atoms with Gasteiger partial charge in [0.15, 0.2) is 0 Å². The number of aryl methyl sites for hydroxylation is 1. The first-order valence-electron chi connectivity index (χ1n) is 15.2. The topological polar surface area (TPSA) is 160 Å². The molecule has 2 amide bonds. The van der Waals surface area contributed by atoms with Crippen LogP contribution in [0.25, 0.3) is 0 Å². The van der Waals surface area contributed by atoms with Crippen molar-refractivity contribution in [2.24, 2.45) is 5.92 Å². The molecule has 2 aromatic rings. The molecule has 4 rings (SSSR count). The largest absolute Gasteiger partial charge is 0.444 e. The number of hydrogen-bond acceptors (Lipinski definition) is 9. The van der Waals surface area contributed by atoms with Crippen molar-refractivity contribution in [2.75, 3.05) is 25.0 Å². The number of rotatable bonds is 9. The van der Waals surface area contributed by atoms with Crippen molar-refractivity contribution in [3.63, 3.8) is 0 Å². The maximum Gasteiger partial charge on any atom is 0.410 e. The van der Waals surface area contributed by atoms with E-state index in [4.69, 9.17) is 9.47 Å². The summed E-state index contributed by atoms with van der Waals surface area (Å²) < 4.78 is 39.2. The Bertz CT molecular complexity index is 1470. The summed E-state index contributed by atoms with van der Waals surface area (Å²) >= 11 is 0. The lowest BCUT2D eigenvalue weighted by atomic mass is 9.96. The molecule has 0 saturated carbocycles. The second-order valence-electron chi connectivity index (χ2n) is 12.5. The normalized spacial score (nSPS) is 18.2. The molecule has 0 aliphatic carbocycles. The fourth-order valence-corrected chi connectivity index (χ4v) is 6.31. The van der Waals surface area contributed by atoms with E-state index in [0.717, 1.165) is 12.0 Å². The molecular formula is C32H42N4O8S. The predicted octanol–water partition coefficient (Wildman–Crippen LogP) is 3.29.